The molecule has 0 N–H and O–H groups in total. The van der Waals surface area contributed by atoms with Gasteiger partial charge in [0.05, 0.1) is 16.7 Å². The van der Waals surface area contributed by atoms with E-state index >= 15 is 0 Å². The Balaban J connectivity index is 2.19. The van der Waals surface area contributed by atoms with E-state index in [2.05, 4.69) is 0 Å². The Morgan fingerprint density at radius 2 is 2.05 bits per heavy atom. The number of hydrogen-bond acceptors (Lipinski definition) is 2. The van der Waals surface area contributed by atoms with Crippen LogP contribution in [0.15, 0.2) is 36.4 Å². The van der Waals surface area contributed by atoms with E-state index < -0.39 is 5.82 Å². The molecular weight excluding hydrogens is 265 g/mol. The summed E-state index contributed by atoms with van der Waals surface area (Å²) < 4.78 is 18.7. The summed E-state index contributed by atoms with van der Waals surface area (Å²) in [5, 5.41) is 9.44. The Kier molecular flexibility index (Phi) is 4.03. The molecule has 0 amide bonds. The average molecular weight is 276 g/mol. The van der Waals surface area contributed by atoms with Gasteiger partial charge in [0.15, 0.2) is 0 Å². The summed E-state index contributed by atoms with van der Waals surface area (Å²) in [5.74, 6) is 0.119. The predicted octanol–water partition coefficient (Wildman–Crippen LogP) is 4.24. The van der Waals surface area contributed by atoms with Crippen LogP contribution in [0.25, 0.3) is 0 Å². The van der Waals surface area contributed by atoms with E-state index in [1.54, 1.807) is 12.1 Å². The Hall–Kier alpha value is -2.05. The first-order chi connectivity index (χ1) is 9.10. The van der Waals surface area contributed by atoms with Gasteiger partial charge in [-0.2, -0.15) is 5.26 Å². The molecule has 0 aliphatic heterocycles. The van der Waals surface area contributed by atoms with Crippen molar-refractivity contribution in [3.63, 3.8) is 0 Å². The molecule has 0 fully saturated rings. The third-order valence-corrected chi connectivity index (χ3v) is 2.95. The van der Waals surface area contributed by atoms with Gasteiger partial charge in [0.25, 0.3) is 0 Å². The number of nitrogens with zero attached hydrogens (tertiary/aromatic N) is 1. The van der Waals surface area contributed by atoms with Crippen molar-refractivity contribution in [3.05, 3.63) is 63.9 Å². The van der Waals surface area contributed by atoms with Crippen molar-refractivity contribution in [2.45, 2.75) is 13.5 Å². The summed E-state index contributed by atoms with van der Waals surface area (Å²) in [7, 11) is 0. The molecule has 0 aromatic heterocycles. The second-order valence-corrected chi connectivity index (χ2v) is 4.54. The van der Waals surface area contributed by atoms with Crippen molar-refractivity contribution in [1.82, 2.24) is 0 Å². The van der Waals surface area contributed by atoms with Gasteiger partial charge in [-0.15, -0.1) is 0 Å². The Labute approximate surface area is 116 Å². The predicted molar refractivity (Wildman–Crippen MR) is 71.6 cm³/mol. The molecule has 4 heteroatoms. The SMILES string of the molecule is Cc1ccc(OCc2cc(F)ccc2C#N)c(Cl)c1. The lowest BCUT2D eigenvalue weighted by molar-refractivity contribution is 0.305. The van der Waals surface area contributed by atoms with Gasteiger partial charge in [-0.25, -0.2) is 4.39 Å². The number of ether oxygens (including phenoxy) is 1. The number of hydrogen-bond donors (Lipinski definition) is 0. The molecule has 0 heterocycles. The van der Waals surface area contributed by atoms with Crippen LogP contribution < -0.4 is 4.74 Å². The fourth-order valence-electron chi connectivity index (χ4n) is 1.67. The van der Waals surface area contributed by atoms with Crippen LogP contribution in [0.2, 0.25) is 5.02 Å². The zero-order valence-corrected chi connectivity index (χ0v) is 11.0. The Morgan fingerprint density at radius 1 is 1.26 bits per heavy atom. The molecule has 0 spiro atoms. The van der Waals surface area contributed by atoms with Crippen molar-refractivity contribution in [2.75, 3.05) is 0 Å². The first-order valence-electron chi connectivity index (χ1n) is 5.67. The second kappa shape index (κ2) is 5.73. The molecule has 2 rings (SSSR count). The molecule has 0 radical (unpaired) electrons. The standard InChI is InChI=1S/C15H11ClFNO/c1-10-2-5-15(14(16)6-10)19-9-12-7-13(17)4-3-11(12)8-18/h2-7H,9H2,1H3. The summed E-state index contributed by atoms with van der Waals surface area (Å²) in [6, 6.07) is 11.4. The zero-order valence-electron chi connectivity index (χ0n) is 10.3. The van der Waals surface area contributed by atoms with Crippen LogP contribution in [0.4, 0.5) is 4.39 Å². The zero-order chi connectivity index (χ0) is 13.8. The third-order valence-electron chi connectivity index (χ3n) is 2.66. The summed E-state index contributed by atoms with van der Waals surface area (Å²) in [6.45, 7) is 2.03. The van der Waals surface area contributed by atoms with Gasteiger partial charge in [0.1, 0.15) is 18.2 Å². The van der Waals surface area contributed by atoms with Gasteiger partial charge in [-0.05, 0) is 42.8 Å². The minimum Gasteiger partial charge on any atom is -0.487 e. The number of nitriles is 1. The summed E-state index contributed by atoms with van der Waals surface area (Å²) in [5.41, 5.74) is 1.92. The number of benzene rings is 2. The maximum atomic E-state index is 13.2. The molecule has 0 bridgehead atoms. The van der Waals surface area contributed by atoms with E-state index in [4.69, 9.17) is 21.6 Å². The van der Waals surface area contributed by atoms with Crippen LogP contribution in [0.1, 0.15) is 16.7 Å². The molecule has 0 saturated carbocycles. The summed E-state index contributed by atoms with van der Waals surface area (Å²) >= 11 is 6.04. The van der Waals surface area contributed by atoms with Crippen LogP contribution in [-0.2, 0) is 6.61 Å². The van der Waals surface area contributed by atoms with E-state index in [-0.39, 0.29) is 6.61 Å². The minimum atomic E-state index is -0.396. The van der Waals surface area contributed by atoms with E-state index in [0.717, 1.165) is 5.56 Å². The second-order valence-electron chi connectivity index (χ2n) is 4.14. The lowest BCUT2D eigenvalue weighted by atomic mass is 10.1. The van der Waals surface area contributed by atoms with Gasteiger partial charge >= 0.3 is 0 Å². The summed E-state index contributed by atoms with van der Waals surface area (Å²) in [4.78, 5) is 0. The molecule has 0 unspecified atom stereocenters. The molecule has 0 atom stereocenters. The van der Waals surface area contributed by atoms with Gasteiger partial charge in [-0.3, -0.25) is 0 Å². The lowest BCUT2D eigenvalue weighted by Crippen LogP contribution is -1.99. The van der Waals surface area contributed by atoms with Crippen LogP contribution >= 0.6 is 11.6 Å². The Bertz CT molecular complexity index is 649. The normalized spacial score (nSPS) is 10.0. The fraction of sp³-hybridized carbons (Fsp3) is 0.133. The number of rotatable bonds is 3. The molecular formula is C15H11ClFNO. The van der Waals surface area contributed by atoms with Crippen LogP contribution in [0.3, 0.4) is 0 Å². The van der Waals surface area contributed by atoms with Crippen molar-refractivity contribution in [2.24, 2.45) is 0 Å². The average Bonchev–Trinajstić information content (AvgIpc) is 2.38. The van der Waals surface area contributed by atoms with Crippen molar-refractivity contribution in [3.8, 4) is 11.8 Å². The highest BCUT2D eigenvalue weighted by molar-refractivity contribution is 6.32. The van der Waals surface area contributed by atoms with E-state index in [1.807, 2.05) is 19.1 Å². The third kappa shape index (κ3) is 3.24. The largest absolute Gasteiger partial charge is 0.487 e. The quantitative estimate of drug-likeness (QED) is 0.839. The maximum absolute atomic E-state index is 13.2. The molecule has 0 saturated heterocycles. The van der Waals surface area contributed by atoms with E-state index in [9.17, 15) is 4.39 Å². The lowest BCUT2D eigenvalue weighted by Gasteiger charge is -2.09. The molecule has 96 valence electrons. The van der Waals surface area contributed by atoms with Crippen LogP contribution in [0, 0.1) is 24.1 Å². The summed E-state index contributed by atoms with van der Waals surface area (Å²) in [6.07, 6.45) is 0. The highest BCUT2D eigenvalue weighted by Gasteiger charge is 2.07. The molecule has 0 aliphatic rings. The van der Waals surface area contributed by atoms with Crippen molar-refractivity contribution < 1.29 is 9.13 Å². The van der Waals surface area contributed by atoms with Gasteiger partial charge < -0.3 is 4.74 Å². The van der Waals surface area contributed by atoms with Crippen molar-refractivity contribution >= 4 is 11.6 Å². The first kappa shape index (κ1) is 13.4. The highest BCUT2D eigenvalue weighted by Crippen LogP contribution is 2.26. The minimum absolute atomic E-state index is 0.101. The van der Waals surface area contributed by atoms with Crippen LogP contribution in [-0.4, -0.2) is 0 Å². The van der Waals surface area contributed by atoms with E-state index in [0.29, 0.717) is 21.9 Å². The molecule has 19 heavy (non-hydrogen) atoms. The maximum Gasteiger partial charge on any atom is 0.138 e. The van der Waals surface area contributed by atoms with Gasteiger partial charge in [0, 0.05) is 5.56 Å². The van der Waals surface area contributed by atoms with Gasteiger partial charge in [-0.1, -0.05) is 17.7 Å². The Morgan fingerprint density at radius 3 is 2.74 bits per heavy atom. The molecule has 2 aromatic carbocycles. The monoisotopic (exact) mass is 275 g/mol. The first-order valence-corrected chi connectivity index (χ1v) is 6.05. The smallest absolute Gasteiger partial charge is 0.138 e. The van der Waals surface area contributed by atoms with E-state index in [1.165, 1.54) is 18.2 Å². The topological polar surface area (TPSA) is 33.0 Å². The fourth-order valence-corrected chi connectivity index (χ4v) is 1.96. The number of halogens is 2. The molecule has 2 nitrogen and oxygen atoms in total. The highest BCUT2D eigenvalue weighted by atomic mass is 35.5. The molecule has 0 aliphatic carbocycles. The molecule has 2 aromatic rings. The van der Waals surface area contributed by atoms with Crippen LogP contribution in [0.5, 0.6) is 5.75 Å². The van der Waals surface area contributed by atoms with Gasteiger partial charge in [0.2, 0.25) is 0 Å². The van der Waals surface area contributed by atoms with Crippen molar-refractivity contribution in [1.29, 1.82) is 5.26 Å². The number of aryl methyl sites for hydroxylation is 1.